The number of aromatic nitrogens is 3. The molecule has 5 aromatic rings. The number of anilines is 1. The highest BCUT2D eigenvalue weighted by Crippen LogP contribution is 2.48. The number of phenolic OH excluding ortho intramolecular Hbond substituents is 1. The molecule has 7 N–H and O–H groups in total. The molecule has 105 heavy (non-hydrogen) atoms. The Bertz CT molecular complexity index is 3960. The highest BCUT2D eigenvalue weighted by atomic mass is 32.2. The van der Waals surface area contributed by atoms with E-state index in [-0.39, 0.29) is 89.4 Å². The number of ether oxygens (including phenoxy) is 10. The van der Waals surface area contributed by atoms with Crippen LogP contribution < -0.4 is 26.6 Å². The van der Waals surface area contributed by atoms with Crippen molar-refractivity contribution < 1.29 is 94.2 Å². The molecule has 0 spiro atoms. The fraction of sp³-hybridized carbons (Fsp3) is 0.541. The lowest BCUT2D eigenvalue weighted by Gasteiger charge is -2.42. The van der Waals surface area contributed by atoms with Crippen molar-refractivity contribution in [2.45, 2.75) is 111 Å². The standard InChI is InChI=1S/C74H102N10O20S/c1-9-57-58-42-56(85)18-19-62(58)80-68-59(57)45-84-51(7)60-46-103-48-74(10-2,61(60)43-64(68)84)104-73(91)52-14-16-54(17-15-52)78-70(88)50(6)77-72(90)67(49(4)5)81-66(87)21-25-95-27-29-97-31-33-99-35-37-101-39-40-102-38-36-100-34-32-98-30-28-96-26-23-76-71(89)63(47-105(92,93)94)79-65(86)20-24-83-55(44-82(8)11-3)41-53-13-12-22-75-69(53)83/h12-19,22,41-43,49-50,63,67,85H,7,9-11,20-21,23-40,44-48H2,1-6,8H3,(H,76,89)(H,77,90)(H,78,88)(H,79,86)(H,81,87)(H,92,93,94)/t50-,63-,67-,74+/m0/s1. The van der Waals surface area contributed by atoms with Crippen LogP contribution in [-0.2, 0) is 108 Å². The molecule has 31 heteroatoms. The Morgan fingerprint density at radius 2 is 1.35 bits per heavy atom. The molecule has 5 amide bonds. The summed E-state index contributed by atoms with van der Waals surface area (Å²) in [6, 6.07) is 13.8. The SMILES string of the molecule is C=C1C2=C(C=C3c4nc5ccc(O)cc5c(CC)c4CN13)[C@](CC)(OC(=O)c1ccc(NC(=O)[C@H](C)NC(=O)[C@@H](NC(=O)CCOCCOCCOCCOCCOCCOCCOCCOCCNC(=O)[C@H](CS(=O)(=O)O)NC(=O)CCn3c(CN(C)CC)cc4cccnc43)C(C)C)cc1)COC2. The second kappa shape index (κ2) is 41.0. The Hall–Kier alpha value is -8.31. The second-order valence-electron chi connectivity index (χ2n) is 25.8. The fourth-order valence-electron chi connectivity index (χ4n) is 12.1. The van der Waals surface area contributed by atoms with Crippen LogP contribution in [0.3, 0.4) is 0 Å². The number of carbonyl (C=O) groups excluding carboxylic acids is 6. The van der Waals surface area contributed by atoms with E-state index < -0.39 is 75.1 Å². The van der Waals surface area contributed by atoms with Crippen LogP contribution in [0.15, 0.2) is 96.4 Å². The smallest absolute Gasteiger partial charge is 0.339 e. The van der Waals surface area contributed by atoms with E-state index in [0.717, 1.165) is 74.3 Å². The summed E-state index contributed by atoms with van der Waals surface area (Å²) in [7, 11) is -2.63. The molecule has 0 saturated heterocycles. The van der Waals surface area contributed by atoms with Crippen molar-refractivity contribution in [3.05, 3.63) is 124 Å². The lowest BCUT2D eigenvalue weighted by molar-refractivity contribution is -0.132. The number of aromatic hydroxyl groups is 1. The van der Waals surface area contributed by atoms with Gasteiger partial charge in [-0.1, -0.05) is 41.2 Å². The quantitative estimate of drug-likeness (QED) is 0.0153. The minimum Gasteiger partial charge on any atom is -0.508 e. The Morgan fingerprint density at radius 3 is 1.94 bits per heavy atom. The van der Waals surface area contributed by atoms with E-state index in [4.69, 9.17) is 52.4 Å². The van der Waals surface area contributed by atoms with Gasteiger partial charge in [0.1, 0.15) is 35.3 Å². The summed E-state index contributed by atoms with van der Waals surface area (Å²) in [6.07, 6.45) is 4.80. The monoisotopic (exact) mass is 1480 g/mol. The van der Waals surface area contributed by atoms with E-state index in [2.05, 4.69) is 54.9 Å². The molecular weight excluding hydrogens is 1380 g/mol. The van der Waals surface area contributed by atoms with Crippen molar-refractivity contribution in [1.29, 1.82) is 0 Å². The zero-order valence-electron chi connectivity index (χ0n) is 61.1. The van der Waals surface area contributed by atoms with Gasteiger partial charge in [0.25, 0.3) is 10.1 Å². The molecule has 3 aromatic heterocycles. The summed E-state index contributed by atoms with van der Waals surface area (Å²) >= 11 is 0. The normalized spacial score (nSPS) is 15.8. The zero-order valence-corrected chi connectivity index (χ0v) is 61.9. The Kier molecular flexibility index (Phi) is 32.1. The number of fused-ring (bicyclic) bond motifs is 5. The Labute approximate surface area is 612 Å². The molecule has 0 aliphatic carbocycles. The van der Waals surface area contributed by atoms with Gasteiger partial charge in [0.2, 0.25) is 29.5 Å². The Balaban J connectivity index is 0.593. The molecule has 6 heterocycles. The van der Waals surface area contributed by atoms with Crippen LogP contribution in [0.1, 0.15) is 93.7 Å². The van der Waals surface area contributed by atoms with Crippen molar-refractivity contribution in [2.24, 2.45) is 5.92 Å². The number of rotatable bonds is 47. The van der Waals surface area contributed by atoms with Gasteiger partial charge in [0.15, 0.2) is 5.60 Å². The van der Waals surface area contributed by atoms with Crippen LogP contribution in [-0.4, -0.2) is 246 Å². The van der Waals surface area contributed by atoms with Gasteiger partial charge in [-0.15, -0.1) is 0 Å². The van der Waals surface area contributed by atoms with E-state index in [0.29, 0.717) is 104 Å². The zero-order chi connectivity index (χ0) is 75.5. The van der Waals surface area contributed by atoms with Crippen LogP contribution >= 0.6 is 0 Å². The molecule has 0 fully saturated rings. The fourth-order valence-corrected chi connectivity index (χ4v) is 12.8. The van der Waals surface area contributed by atoms with E-state index in [1.54, 1.807) is 56.4 Å². The number of phenols is 1. The van der Waals surface area contributed by atoms with Crippen LogP contribution in [0.5, 0.6) is 5.75 Å². The summed E-state index contributed by atoms with van der Waals surface area (Å²) in [5.74, 6) is -4.51. The minimum atomic E-state index is -4.61. The first-order valence-electron chi connectivity index (χ1n) is 35.7. The number of benzene rings is 2. The third-order valence-corrected chi connectivity index (χ3v) is 18.7. The van der Waals surface area contributed by atoms with E-state index in [9.17, 15) is 46.8 Å². The maximum absolute atomic E-state index is 14.0. The number of amides is 5. The molecule has 30 nitrogen and oxygen atoms in total. The third-order valence-electron chi connectivity index (χ3n) is 17.9. The predicted octanol–water partition coefficient (Wildman–Crippen LogP) is 5.01. The van der Waals surface area contributed by atoms with Gasteiger partial charge < -0.3 is 93.4 Å². The second-order valence-corrected chi connectivity index (χ2v) is 27.3. The van der Waals surface area contributed by atoms with Crippen molar-refractivity contribution in [3.63, 3.8) is 0 Å². The molecule has 2 aromatic carbocycles. The van der Waals surface area contributed by atoms with Gasteiger partial charge in [0, 0.05) is 83.2 Å². The number of esters is 1. The summed E-state index contributed by atoms with van der Waals surface area (Å²) in [5, 5.41) is 25.3. The average molecular weight is 1480 g/mol. The summed E-state index contributed by atoms with van der Waals surface area (Å²) in [5.41, 5.74) is 8.18. The van der Waals surface area contributed by atoms with Crippen molar-refractivity contribution >= 4 is 78.9 Å². The molecule has 0 bridgehead atoms. The van der Waals surface area contributed by atoms with Crippen LogP contribution in [0.4, 0.5) is 5.69 Å². The summed E-state index contributed by atoms with van der Waals surface area (Å²) in [4.78, 5) is 93.3. The average Bonchev–Trinajstić information content (AvgIpc) is 1.61. The molecule has 574 valence electrons. The number of nitrogens with zero attached hydrogens (tertiary/aromatic N) is 5. The predicted molar refractivity (Wildman–Crippen MR) is 390 cm³/mol. The first kappa shape index (κ1) is 82.3. The highest BCUT2D eigenvalue weighted by molar-refractivity contribution is 7.85. The van der Waals surface area contributed by atoms with Crippen molar-refractivity contribution in [2.75, 3.05) is 150 Å². The van der Waals surface area contributed by atoms with Gasteiger partial charge in [-0.2, -0.15) is 8.42 Å². The number of hydrogen-bond donors (Lipinski definition) is 7. The summed E-state index contributed by atoms with van der Waals surface area (Å²) in [6.45, 7) is 23.0. The number of carbonyl (C=O) groups is 6. The highest BCUT2D eigenvalue weighted by Gasteiger charge is 2.46. The van der Waals surface area contributed by atoms with Gasteiger partial charge in [-0.05, 0) is 112 Å². The molecule has 4 atom stereocenters. The molecule has 8 rings (SSSR count). The van der Waals surface area contributed by atoms with Crippen LogP contribution in [0, 0.1) is 5.92 Å². The minimum absolute atomic E-state index is 0.00511. The van der Waals surface area contributed by atoms with Gasteiger partial charge in [0.05, 0.1) is 148 Å². The first-order chi connectivity index (χ1) is 50.5. The number of aryl methyl sites for hydroxylation is 2. The molecule has 0 saturated carbocycles. The topological polar surface area (TPSA) is 367 Å². The number of hydrogen-bond acceptors (Lipinski definition) is 23. The van der Waals surface area contributed by atoms with Crippen LogP contribution in [0.2, 0.25) is 0 Å². The maximum atomic E-state index is 14.0. The van der Waals surface area contributed by atoms with Crippen LogP contribution in [0.25, 0.3) is 27.6 Å². The van der Waals surface area contributed by atoms with Gasteiger partial charge in [-0.3, -0.25) is 28.5 Å². The summed E-state index contributed by atoms with van der Waals surface area (Å²) < 4.78 is 91.7. The van der Waals surface area contributed by atoms with E-state index >= 15 is 0 Å². The maximum Gasteiger partial charge on any atom is 0.339 e. The first-order valence-corrected chi connectivity index (χ1v) is 37.3. The lowest BCUT2D eigenvalue weighted by atomic mass is 9.82. The number of nitrogens with one attached hydrogen (secondary N) is 5. The van der Waals surface area contributed by atoms with Crippen molar-refractivity contribution in [1.82, 2.24) is 45.6 Å². The van der Waals surface area contributed by atoms with Crippen molar-refractivity contribution in [3.8, 4) is 5.75 Å². The molecule has 0 radical (unpaired) electrons. The molecule has 3 aliphatic heterocycles. The largest absolute Gasteiger partial charge is 0.508 e. The molecular formula is C74H102N10O20S. The lowest BCUT2D eigenvalue weighted by Crippen LogP contribution is -2.53. The number of pyridine rings is 2. The van der Waals surface area contributed by atoms with E-state index in [1.807, 2.05) is 55.8 Å². The Morgan fingerprint density at radius 1 is 0.743 bits per heavy atom. The third kappa shape index (κ3) is 24.1. The molecule has 3 aliphatic rings. The van der Waals surface area contributed by atoms with Gasteiger partial charge >= 0.3 is 5.97 Å². The van der Waals surface area contributed by atoms with E-state index in [1.165, 1.54) is 6.92 Å². The van der Waals surface area contributed by atoms with Gasteiger partial charge in [-0.25, -0.2) is 14.8 Å². The molecule has 0 unspecified atom stereocenters.